The molecule has 6 heteroatoms. The largest absolute Gasteiger partial charge is 0.366 e. The van der Waals surface area contributed by atoms with Crippen LogP contribution in [0.2, 0.25) is 0 Å². The van der Waals surface area contributed by atoms with Gasteiger partial charge in [-0.25, -0.2) is 0 Å². The van der Waals surface area contributed by atoms with Crippen LogP contribution in [0.1, 0.15) is 44.0 Å². The van der Waals surface area contributed by atoms with Crippen molar-refractivity contribution in [2.75, 3.05) is 19.7 Å². The monoisotopic (exact) mass is 290 g/mol. The lowest BCUT2D eigenvalue weighted by molar-refractivity contribution is -0.138. The number of rotatable bonds is 3. The summed E-state index contributed by atoms with van der Waals surface area (Å²) in [5, 5.41) is 7.97. The molecule has 1 saturated heterocycles. The summed E-state index contributed by atoms with van der Waals surface area (Å²) in [4.78, 5) is 14.4. The molecular weight excluding hydrogens is 268 g/mol. The summed E-state index contributed by atoms with van der Waals surface area (Å²) in [6, 6.07) is 0. The zero-order valence-electron chi connectivity index (χ0n) is 12.5. The van der Waals surface area contributed by atoms with Gasteiger partial charge < -0.3 is 14.2 Å². The van der Waals surface area contributed by atoms with Crippen molar-refractivity contribution in [1.82, 2.24) is 19.7 Å². The Morgan fingerprint density at radius 3 is 3.10 bits per heavy atom. The summed E-state index contributed by atoms with van der Waals surface area (Å²) in [6.45, 7) is 1.79. The molecule has 1 amide bonds. The average Bonchev–Trinajstić information content (AvgIpc) is 2.94. The van der Waals surface area contributed by atoms with Gasteiger partial charge in [0, 0.05) is 20.0 Å². The van der Waals surface area contributed by atoms with Crippen LogP contribution in [0.4, 0.5) is 0 Å². The number of hydrogen-bond acceptors (Lipinski definition) is 4. The molecule has 0 aromatic carbocycles. The Bertz CT molecular complexity index is 538. The van der Waals surface area contributed by atoms with Crippen molar-refractivity contribution in [3.05, 3.63) is 23.8 Å². The van der Waals surface area contributed by atoms with E-state index >= 15 is 0 Å². The predicted octanol–water partition coefficient (Wildman–Crippen LogP) is 1.61. The molecule has 1 aliphatic carbocycles. The molecule has 0 bridgehead atoms. The first-order valence-corrected chi connectivity index (χ1v) is 7.65. The highest BCUT2D eigenvalue weighted by Crippen LogP contribution is 2.24. The van der Waals surface area contributed by atoms with E-state index in [0.717, 1.165) is 18.7 Å². The lowest BCUT2D eigenvalue weighted by Crippen LogP contribution is -2.43. The fraction of sp³-hybridized carbons (Fsp3) is 0.667. The van der Waals surface area contributed by atoms with Gasteiger partial charge in [-0.15, -0.1) is 10.2 Å². The fourth-order valence-electron chi connectivity index (χ4n) is 2.99. The van der Waals surface area contributed by atoms with Crippen LogP contribution in [-0.4, -0.2) is 45.3 Å². The smallest absolute Gasteiger partial charge is 0.226 e. The van der Waals surface area contributed by atoms with Gasteiger partial charge in [0.2, 0.25) is 5.91 Å². The first kappa shape index (κ1) is 14.3. The number of amides is 1. The number of allylic oxidation sites excluding steroid dienone is 1. The molecule has 2 heterocycles. The zero-order chi connectivity index (χ0) is 14.7. The molecule has 3 rings (SSSR count). The molecule has 1 atom stereocenters. The lowest BCUT2D eigenvalue weighted by Gasteiger charge is -2.32. The van der Waals surface area contributed by atoms with Crippen molar-refractivity contribution >= 4 is 5.91 Å². The standard InChI is InChI=1S/C15H22N4O2/c1-18-11-16-17-15(18)13-10-19(7-8-21-13)14(20)9-12-5-3-2-4-6-12/h5,11,13H,2-4,6-10H2,1H3/t13-/m0/s1. The molecule has 0 N–H and O–H groups in total. The number of aromatic nitrogens is 3. The Morgan fingerprint density at radius 2 is 2.38 bits per heavy atom. The van der Waals surface area contributed by atoms with Crippen LogP contribution >= 0.6 is 0 Å². The zero-order valence-corrected chi connectivity index (χ0v) is 12.5. The van der Waals surface area contributed by atoms with E-state index < -0.39 is 0 Å². The number of aryl methyl sites for hydroxylation is 1. The minimum atomic E-state index is -0.171. The van der Waals surface area contributed by atoms with Crippen molar-refractivity contribution in [2.24, 2.45) is 7.05 Å². The molecule has 0 radical (unpaired) electrons. The highest BCUT2D eigenvalue weighted by molar-refractivity contribution is 5.78. The third kappa shape index (κ3) is 3.32. The van der Waals surface area contributed by atoms with Crippen LogP contribution in [0.25, 0.3) is 0 Å². The summed E-state index contributed by atoms with van der Waals surface area (Å²) in [6.07, 6.45) is 8.94. The Hall–Kier alpha value is -1.69. The molecule has 1 aliphatic heterocycles. The highest BCUT2D eigenvalue weighted by atomic mass is 16.5. The second-order valence-corrected chi connectivity index (χ2v) is 5.78. The summed E-state index contributed by atoms with van der Waals surface area (Å²) in [7, 11) is 1.90. The van der Waals surface area contributed by atoms with E-state index in [-0.39, 0.29) is 12.0 Å². The lowest BCUT2D eigenvalue weighted by atomic mass is 9.97. The van der Waals surface area contributed by atoms with Crippen molar-refractivity contribution in [3.8, 4) is 0 Å². The van der Waals surface area contributed by atoms with Gasteiger partial charge in [0.15, 0.2) is 5.82 Å². The van der Waals surface area contributed by atoms with Crippen molar-refractivity contribution in [3.63, 3.8) is 0 Å². The Labute approximate surface area is 124 Å². The van der Waals surface area contributed by atoms with Gasteiger partial charge in [0.1, 0.15) is 12.4 Å². The maximum Gasteiger partial charge on any atom is 0.226 e. The normalized spacial score (nSPS) is 23.0. The summed E-state index contributed by atoms with van der Waals surface area (Å²) in [5.74, 6) is 0.989. The number of ether oxygens (including phenoxy) is 1. The van der Waals surface area contributed by atoms with Crippen molar-refractivity contribution in [1.29, 1.82) is 0 Å². The number of nitrogens with zero attached hydrogens (tertiary/aromatic N) is 4. The van der Waals surface area contributed by atoms with Crippen LogP contribution in [0.3, 0.4) is 0 Å². The van der Waals surface area contributed by atoms with Gasteiger partial charge in [-0.2, -0.15) is 0 Å². The Kier molecular flexibility index (Phi) is 4.34. The topological polar surface area (TPSA) is 60.2 Å². The molecule has 6 nitrogen and oxygen atoms in total. The first-order chi connectivity index (χ1) is 10.2. The second kappa shape index (κ2) is 6.39. The Morgan fingerprint density at radius 1 is 1.48 bits per heavy atom. The third-order valence-corrected chi connectivity index (χ3v) is 4.22. The van der Waals surface area contributed by atoms with Crippen LogP contribution < -0.4 is 0 Å². The molecule has 114 valence electrons. The van der Waals surface area contributed by atoms with E-state index in [9.17, 15) is 4.79 Å². The van der Waals surface area contributed by atoms with Crippen LogP contribution in [-0.2, 0) is 16.6 Å². The molecular formula is C15H22N4O2. The van der Waals surface area contributed by atoms with E-state index in [1.165, 1.54) is 18.4 Å². The van der Waals surface area contributed by atoms with Gasteiger partial charge in [-0.1, -0.05) is 11.6 Å². The molecule has 0 unspecified atom stereocenters. The summed E-state index contributed by atoms with van der Waals surface area (Å²) < 4.78 is 7.59. The van der Waals surface area contributed by atoms with Crippen LogP contribution in [0.15, 0.2) is 18.0 Å². The predicted molar refractivity (Wildman–Crippen MR) is 77.4 cm³/mol. The molecule has 0 spiro atoms. The molecule has 0 saturated carbocycles. The minimum Gasteiger partial charge on any atom is -0.366 e. The van der Waals surface area contributed by atoms with E-state index in [4.69, 9.17) is 4.74 Å². The summed E-state index contributed by atoms with van der Waals surface area (Å²) in [5.41, 5.74) is 1.30. The molecule has 21 heavy (non-hydrogen) atoms. The highest BCUT2D eigenvalue weighted by Gasteiger charge is 2.28. The third-order valence-electron chi connectivity index (χ3n) is 4.22. The maximum atomic E-state index is 12.5. The van der Waals surface area contributed by atoms with E-state index in [1.807, 2.05) is 16.5 Å². The Balaban J connectivity index is 1.61. The number of hydrogen-bond donors (Lipinski definition) is 0. The maximum absolute atomic E-state index is 12.5. The number of carbonyl (C=O) groups excluding carboxylic acids is 1. The average molecular weight is 290 g/mol. The molecule has 1 aromatic rings. The van der Waals surface area contributed by atoms with Gasteiger partial charge in [-0.05, 0) is 25.7 Å². The van der Waals surface area contributed by atoms with E-state index in [1.54, 1.807) is 6.33 Å². The van der Waals surface area contributed by atoms with Gasteiger partial charge in [0.25, 0.3) is 0 Å². The molecule has 1 fully saturated rings. The number of carbonyl (C=O) groups is 1. The van der Waals surface area contributed by atoms with Crippen LogP contribution in [0, 0.1) is 0 Å². The van der Waals surface area contributed by atoms with Gasteiger partial charge in [-0.3, -0.25) is 4.79 Å². The van der Waals surface area contributed by atoms with Gasteiger partial charge in [0.05, 0.1) is 13.2 Å². The minimum absolute atomic E-state index is 0.171. The molecule has 2 aliphatic rings. The van der Waals surface area contributed by atoms with Crippen molar-refractivity contribution < 1.29 is 9.53 Å². The molecule has 1 aromatic heterocycles. The van der Waals surface area contributed by atoms with Gasteiger partial charge >= 0.3 is 0 Å². The number of morpholine rings is 1. The van der Waals surface area contributed by atoms with Crippen LogP contribution in [0.5, 0.6) is 0 Å². The SMILES string of the molecule is Cn1cnnc1[C@@H]1CN(C(=O)CC2=CCCCC2)CCO1. The quantitative estimate of drug-likeness (QED) is 0.793. The summed E-state index contributed by atoms with van der Waals surface area (Å²) >= 11 is 0. The van der Waals surface area contributed by atoms with E-state index in [2.05, 4.69) is 16.3 Å². The van der Waals surface area contributed by atoms with Crippen molar-refractivity contribution in [2.45, 2.75) is 38.2 Å². The fourth-order valence-corrected chi connectivity index (χ4v) is 2.99. The van der Waals surface area contributed by atoms with E-state index in [0.29, 0.717) is 26.1 Å². The first-order valence-electron chi connectivity index (χ1n) is 7.65. The second-order valence-electron chi connectivity index (χ2n) is 5.78.